The Hall–Kier alpha value is -2.89. The van der Waals surface area contributed by atoms with Crippen LogP contribution >= 0.6 is 0 Å². The van der Waals surface area contributed by atoms with E-state index in [1.807, 2.05) is 42.8 Å². The van der Waals surface area contributed by atoms with Crippen molar-refractivity contribution in [1.29, 1.82) is 0 Å². The quantitative estimate of drug-likeness (QED) is 0.782. The molecule has 2 aromatic heterocycles. The molecule has 6 heteroatoms. The van der Waals surface area contributed by atoms with Crippen molar-refractivity contribution in [2.75, 3.05) is 7.11 Å². The third-order valence-corrected chi connectivity index (χ3v) is 3.99. The predicted octanol–water partition coefficient (Wildman–Crippen LogP) is 2.34. The van der Waals surface area contributed by atoms with Crippen molar-refractivity contribution in [3.63, 3.8) is 0 Å². The largest absolute Gasteiger partial charge is 0.497 e. The van der Waals surface area contributed by atoms with E-state index in [1.165, 1.54) is 0 Å². The maximum atomic E-state index is 12.6. The standard InChI is InChI=1S/C18H20N4O2/c1-12(8-14-11-19-6-7-20-14)21-18(23)17-10-13-9-15(24-3)4-5-16(13)22(17)2/h4-7,9-12H,8H2,1-3H3,(H,21,23)/t12-/m1/s1. The van der Waals surface area contributed by atoms with Crippen LogP contribution in [0.2, 0.25) is 0 Å². The van der Waals surface area contributed by atoms with Gasteiger partial charge in [-0.05, 0) is 31.2 Å². The summed E-state index contributed by atoms with van der Waals surface area (Å²) in [6.07, 6.45) is 5.64. The summed E-state index contributed by atoms with van der Waals surface area (Å²) in [5, 5.41) is 3.99. The minimum absolute atomic E-state index is 0.0400. The molecule has 24 heavy (non-hydrogen) atoms. The number of aromatic nitrogens is 3. The number of rotatable bonds is 5. The number of ether oxygens (including phenoxy) is 1. The molecule has 1 N–H and O–H groups in total. The Morgan fingerprint density at radius 3 is 2.88 bits per heavy atom. The average Bonchev–Trinajstić information content (AvgIpc) is 2.92. The van der Waals surface area contributed by atoms with E-state index in [1.54, 1.807) is 25.7 Å². The van der Waals surface area contributed by atoms with Crippen molar-refractivity contribution in [2.45, 2.75) is 19.4 Å². The third kappa shape index (κ3) is 3.22. The minimum atomic E-state index is -0.107. The number of fused-ring (bicyclic) bond motifs is 1. The number of hydrogen-bond donors (Lipinski definition) is 1. The average molecular weight is 324 g/mol. The molecule has 0 bridgehead atoms. The molecule has 124 valence electrons. The van der Waals surface area contributed by atoms with Gasteiger partial charge in [-0.15, -0.1) is 0 Å². The normalized spacial score (nSPS) is 12.1. The molecule has 1 amide bonds. The van der Waals surface area contributed by atoms with Gasteiger partial charge in [0.2, 0.25) is 0 Å². The molecular weight excluding hydrogens is 304 g/mol. The second-order valence-electron chi connectivity index (χ2n) is 5.79. The Morgan fingerprint density at radius 1 is 1.33 bits per heavy atom. The van der Waals surface area contributed by atoms with Gasteiger partial charge in [-0.1, -0.05) is 0 Å². The fourth-order valence-electron chi connectivity index (χ4n) is 2.77. The summed E-state index contributed by atoms with van der Waals surface area (Å²) in [6, 6.07) is 7.60. The maximum absolute atomic E-state index is 12.6. The van der Waals surface area contributed by atoms with Crippen LogP contribution in [0.1, 0.15) is 23.1 Å². The van der Waals surface area contributed by atoms with Crippen LogP contribution in [0.15, 0.2) is 42.9 Å². The molecule has 2 heterocycles. The van der Waals surface area contributed by atoms with Crippen LogP contribution in [0.5, 0.6) is 5.75 Å². The fraction of sp³-hybridized carbons (Fsp3) is 0.278. The fourth-order valence-corrected chi connectivity index (χ4v) is 2.77. The minimum Gasteiger partial charge on any atom is -0.497 e. The van der Waals surface area contributed by atoms with E-state index in [0.717, 1.165) is 22.3 Å². The van der Waals surface area contributed by atoms with Crippen molar-refractivity contribution in [1.82, 2.24) is 19.9 Å². The lowest BCUT2D eigenvalue weighted by atomic mass is 10.2. The second kappa shape index (κ2) is 6.70. The van der Waals surface area contributed by atoms with Gasteiger partial charge in [0.15, 0.2) is 0 Å². The van der Waals surface area contributed by atoms with Gasteiger partial charge >= 0.3 is 0 Å². The van der Waals surface area contributed by atoms with Gasteiger partial charge in [0.1, 0.15) is 11.4 Å². The lowest BCUT2D eigenvalue weighted by Gasteiger charge is -2.13. The summed E-state index contributed by atoms with van der Waals surface area (Å²) in [6.45, 7) is 1.96. The molecule has 0 spiro atoms. The molecule has 0 saturated carbocycles. The first-order chi connectivity index (χ1) is 11.6. The second-order valence-corrected chi connectivity index (χ2v) is 5.79. The molecule has 0 aliphatic carbocycles. The predicted molar refractivity (Wildman–Crippen MR) is 92.1 cm³/mol. The number of benzene rings is 1. The number of methoxy groups -OCH3 is 1. The molecule has 0 unspecified atom stereocenters. The molecule has 1 aromatic carbocycles. The number of carbonyl (C=O) groups is 1. The number of aryl methyl sites for hydroxylation is 1. The van der Waals surface area contributed by atoms with Crippen molar-refractivity contribution < 1.29 is 9.53 Å². The van der Waals surface area contributed by atoms with Crippen molar-refractivity contribution in [3.05, 3.63) is 54.2 Å². The Morgan fingerprint density at radius 2 is 2.17 bits per heavy atom. The topological polar surface area (TPSA) is 69.0 Å². The van der Waals surface area contributed by atoms with E-state index in [4.69, 9.17) is 4.74 Å². The van der Waals surface area contributed by atoms with E-state index in [0.29, 0.717) is 12.1 Å². The first-order valence-electron chi connectivity index (χ1n) is 7.77. The van der Waals surface area contributed by atoms with Crippen LogP contribution in [0.4, 0.5) is 0 Å². The molecule has 1 atom stereocenters. The highest BCUT2D eigenvalue weighted by Crippen LogP contribution is 2.23. The Labute approximate surface area is 140 Å². The summed E-state index contributed by atoms with van der Waals surface area (Å²) in [5.74, 6) is 0.667. The summed E-state index contributed by atoms with van der Waals surface area (Å²) in [7, 11) is 3.52. The van der Waals surface area contributed by atoms with E-state index >= 15 is 0 Å². The first-order valence-corrected chi connectivity index (χ1v) is 7.77. The number of hydrogen-bond acceptors (Lipinski definition) is 4. The highest BCUT2D eigenvalue weighted by atomic mass is 16.5. The Balaban J connectivity index is 1.77. The van der Waals surface area contributed by atoms with Crippen molar-refractivity contribution in [2.24, 2.45) is 7.05 Å². The van der Waals surface area contributed by atoms with Gasteiger partial charge in [-0.2, -0.15) is 0 Å². The van der Waals surface area contributed by atoms with Crippen LogP contribution < -0.4 is 10.1 Å². The molecule has 3 aromatic rings. The smallest absolute Gasteiger partial charge is 0.268 e. The third-order valence-electron chi connectivity index (χ3n) is 3.99. The van der Waals surface area contributed by atoms with Gasteiger partial charge in [0.25, 0.3) is 5.91 Å². The molecule has 6 nitrogen and oxygen atoms in total. The molecule has 0 fully saturated rings. The monoisotopic (exact) mass is 324 g/mol. The molecule has 0 radical (unpaired) electrons. The molecule has 3 rings (SSSR count). The van der Waals surface area contributed by atoms with Crippen LogP contribution in [0.3, 0.4) is 0 Å². The number of nitrogens with zero attached hydrogens (tertiary/aromatic N) is 3. The van der Waals surface area contributed by atoms with Crippen molar-refractivity contribution >= 4 is 16.8 Å². The SMILES string of the molecule is COc1ccc2c(c1)cc(C(=O)N[C@H](C)Cc1cnccn1)n2C. The van der Waals surface area contributed by atoms with Crippen LogP contribution in [0.25, 0.3) is 10.9 Å². The Kier molecular flexibility index (Phi) is 4.46. The molecule has 0 aliphatic heterocycles. The van der Waals surface area contributed by atoms with E-state index < -0.39 is 0 Å². The number of nitrogens with one attached hydrogen (secondary N) is 1. The molecule has 0 aliphatic rings. The van der Waals surface area contributed by atoms with Crippen molar-refractivity contribution in [3.8, 4) is 5.75 Å². The van der Waals surface area contributed by atoms with Gasteiger partial charge < -0.3 is 14.6 Å². The molecular formula is C18H20N4O2. The maximum Gasteiger partial charge on any atom is 0.268 e. The summed E-state index contributed by atoms with van der Waals surface area (Å²) < 4.78 is 7.13. The zero-order chi connectivity index (χ0) is 17.1. The van der Waals surface area contributed by atoms with E-state index in [2.05, 4.69) is 15.3 Å². The number of carbonyl (C=O) groups excluding carboxylic acids is 1. The van der Waals surface area contributed by atoms with Gasteiger partial charge in [0, 0.05) is 49.0 Å². The first kappa shape index (κ1) is 16.0. The van der Waals surface area contributed by atoms with Gasteiger partial charge in [-0.25, -0.2) is 0 Å². The molecule has 0 saturated heterocycles. The lowest BCUT2D eigenvalue weighted by molar-refractivity contribution is 0.0932. The summed E-state index contributed by atoms with van der Waals surface area (Å²) >= 11 is 0. The summed E-state index contributed by atoms with van der Waals surface area (Å²) in [5.41, 5.74) is 2.46. The van der Waals surface area contributed by atoms with Crippen LogP contribution in [-0.4, -0.2) is 33.6 Å². The summed E-state index contributed by atoms with van der Waals surface area (Å²) in [4.78, 5) is 20.9. The highest BCUT2D eigenvalue weighted by molar-refractivity contribution is 5.99. The zero-order valence-corrected chi connectivity index (χ0v) is 14.0. The highest BCUT2D eigenvalue weighted by Gasteiger charge is 2.16. The van der Waals surface area contributed by atoms with Crippen LogP contribution in [-0.2, 0) is 13.5 Å². The zero-order valence-electron chi connectivity index (χ0n) is 14.0. The Bertz CT molecular complexity index is 858. The van der Waals surface area contributed by atoms with Gasteiger partial charge in [0.05, 0.1) is 12.8 Å². The van der Waals surface area contributed by atoms with E-state index in [-0.39, 0.29) is 11.9 Å². The lowest BCUT2D eigenvalue weighted by Crippen LogP contribution is -2.35. The van der Waals surface area contributed by atoms with Crippen LogP contribution in [0, 0.1) is 0 Å². The number of amides is 1. The van der Waals surface area contributed by atoms with Gasteiger partial charge in [-0.3, -0.25) is 14.8 Å². The van der Waals surface area contributed by atoms with E-state index in [9.17, 15) is 4.79 Å².